The van der Waals surface area contributed by atoms with Crippen LogP contribution in [0.5, 0.6) is 0 Å². The number of oxazole rings is 1. The Morgan fingerprint density at radius 2 is 1.88 bits per heavy atom. The topological polar surface area (TPSA) is 99.1 Å². The summed E-state index contributed by atoms with van der Waals surface area (Å²) in [5.41, 5.74) is 4.60. The number of alkyl halides is 3. The minimum absolute atomic E-state index is 0.0308. The second-order valence-corrected chi connectivity index (χ2v) is 7.43. The first-order valence-corrected chi connectivity index (χ1v) is 8.74. The number of halogens is 3. The number of nitrogen functional groups attached to an aromatic ring is 1. The molecule has 2 N–H and O–H groups in total. The lowest BCUT2D eigenvalue weighted by atomic mass is 10.2. The van der Waals surface area contributed by atoms with Crippen molar-refractivity contribution in [1.29, 1.82) is 0 Å². The number of hydrogen-bond acceptors (Lipinski definition) is 6. The molecule has 0 unspecified atom stereocenters. The fraction of sp³-hybridized carbons (Fsp3) is 0.200. The molecule has 0 saturated heterocycles. The van der Waals surface area contributed by atoms with E-state index in [0.717, 1.165) is 18.2 Å². The third-order valence-electron chi connectivity index (χ3n) is 3.51. The number of rotatable bonds is 3. The van der Waals surface area contributed by atoms with E-state index in [9.17, 15) is 21.6 Å². The van der Waals surface area contributed by atoms with E-state index >= 15 is 0 Å². The number of nitrogens with two attached hydrogens (primary N) is 1. The highest BCUT2D eigenvalue weighted by molar-refractivity contribution is 7.91. The fourth-order valence-electron chi connectivity index (χ4n) is 2.23. The molecule has 0 amide bonds. The van der Waals surface area contributed by atoms with E-state index in [1.807, 2.05) is 0 Å². The van der Waals surface area contributed by atoms with Gasteiger partial charge in [-0.2, -0.15) is 13.2 Å². The van der Waals surface area contributed by atoms with Crippen LogP contribution in [-0.4, -0.2) is 24.1 Å². The average molecular weight is 371 g/mol. The van der Waals surface area contributed by atoms with Crippen molar-refractivity contribution < 1.29 is 26.0 Å². The smallest absolute Gasteiger partial charge is 0.416 e. The molecule has 0 spiro atoms. The molecule has 3 aromatic rings. The lowest BCUT2D eigenvalue weighted by Crippen LogP contribution is -2.08. The van der Waals surface area contributed by atoms with Crippen LogP contribution in [0.1, 0.15) is 12.5 Å². The summed E-state index contributed by atoms with van der Waals surface area (Å²) in [4.78, 5) is 7.76. The Kier molecular flexibility index (Phi) is 3.94. The minimum atomic E-state index is -4.53. The predicted molar refractivity (Wildman–Crippen MR) is 84.4 cm³/mol. The number of aromatic nitrogens is 2. The summed E-state index contributed by atoms with van der Waals surface area (Å²) in [5.74, 6) is -0.374. The second kappa shape index (κ2) is 5.73. The first-order chi connectivity index (χ1) is 11.6. The van der Waals surface area contributed by atoms with Crippen molar-refractivity contribution >= 4 is 26.8 Å². The normalized spacial score (nSPS) is 12.6. The van der Waals surface area contributed by atoms with Gasteiger partial charge in [-0.15, -0.1) is 0 Å². The van der Waals surface area contributed by atoms with E-state index in [4.69, 9.17) is 10.2 Å². The van der Waals surface area contributed by atoms with Gasteiger partial charge >= 0.3 is 6.18 Å². The lowest BCUT2D eigenvalue weighted by Gasteiger charge is -2.06. The van der Waals surface area contributed by atoms with E-state index in [0.29, 0.717) is 0 Å². The molecule has 0 aliphatic rings. The molecule has 1 aromatic carbocycles. The van der Waals surface area contributed by atoms with Gasteiger partial charge in [-0.3, -0.25) is 0 Å². The van der Waals surface area contributed by atoms with Gasteiger partial charge in [0.15, 0.2) is 15.4 Å². The van der Waals surface area contributed by atoms with Crippen LogP contribution >= 0.6 is 0 Å². The summed E-state index contributed by atoms with van der Waals surface area (Å²) in [6.45, 7) is 1.46. The van der Waals surface area contributed by atoms with Crippen LogP contribution < -0.4 is 5.73 Å². The molecule has 0 aliphatic carbocycles. The molecule has 132 valence electrons. The van der Waals surface area contributed by atoms with Crippen molar-refractivity contribution in [3.8, 4) is 11.6 Å². The van der Waals surface area contributed by atoms with E-state index < -0.39 is 21.6 Å². The zero-order chi connectivity index (χ0) is 18.4. The van der Waals surface area contributed by atoms with E-state index in [2.05, 4.69) is 9.97 Å². The second-order valence-electron chi connectivity index (χ2n) is 5.19. The number of sulfone groups is 1. The van der Waals surface area contributed by atoms with E-state index in [1.165, 1.54) is 19.1 Å². The van der Waals surface area contributed by atoms with Crippen LogP contribution in [0.3, 0.4) is 0 Å². The molecule has 2 heterocycles. The fourth-order valence-corrected chi connectivity index (χ4v) is 3.24. The molecule has 0 aliphatic heterocycles. The zero-order valence-electron chi connectivity index (χ0n) is 12.8. The summed E-state index contributed by atoms with van der Waals surface area (Å²) < 4.78 is 68.2. The Balaban J connectivity index is 2.22. The van der Waals surface area contributed by atoms with Gasteiger partial charge in [0.1, 0.15) is 17.0 Å². The van der Waals surface area contributed by atoms with Crippen molar-refractivity contribution in [2.75, 3.05) is 11.5 Å². The number of benzene rings is 1. The molecular weight excluding hydrogens is 359 g/mol. The van der Waals surface area contributed by atoms with Gasteiger partial charge < -0.3 is 10.2 Å². The first-order valence-electron chi connectivity index (χ1n) is 7.09. The van der Waals surface area contributed by atoms with E-state index in [1.54, 1.807) is 0 Å². The number of fused-ring (bicyclic) bond motifs is 1. The van der Waals surface area contributed by atoms with Crippen molar-refractivity contribution in [3.63, 3.8) is 0 Å². The Morgan fingerprint density at radius 1 is 1.16 bits per heavy atom. The monoisotopic (exact) mass is 371 g/mol. The third kappa shape index (κ3) is 3.16. The number of anilines is 1. The Labute approximate surface area is 140 Å². The minimum Gasteiger partial charge on any atom is -0.435 e. The first kappa shape index (κ1) is 17.2. The van der Waals surface area contributed by atoms with Crippen LogP contribution in [0.4, 0.5) is 19.0 Å². The molecule has 0 fully saturated rings. The average Bonchev–Trinajstić information content (AvgIpc) is 2.96. The maximum Gasteiger partial charge on any atom is 0.416 e. The molecule has 0 bridgehead atoms. The molecule has 0 atom stereocenters. The highest BCUT2D eigenvalue weighted by Crippen LogP contribution is 2.34. The Morgan fingerprint density at radius 3 is 2.52 bits per heavy atom. The molecule has 6 nitrogen and oxygen atoms in total. The molecular formula is C15H12F3N3O3S. The standard InChI is InChI=1S/C15H12F3N3O3S/c1-2-25(22,23)11-5-6-12(19)21-13(11)14-20-9-7-8(15(16,17)18)3-4-10(9)24-14/h3-7H,2H2,1H3,(H2,19,21). The number of hydrogen-bond donors (Lipinski definition) is 1. The van der Waals surface area contributed by atoms with Gasteiger partial charge in [0.2, 0.25) is 5.89 Å². The third-order valence-corrected chi connectivity index (χ3v) is 5.27. The summed E-state index contributed by atoms with van der Waals surface area (Å²) in [6, 6.07) is 5.38. The SMILES string of the molecule is CCS(=O)(=O)c1ccc(N)nc1-c1nc2cc(C(F)(F)F)ccc2o1. The van der Waals surface area contributed by atoms with Crippen molar-refractivity contribution in [2.24, 2.45) is 0 Å². The Hall–Kier alpha value is -2.62. The van der Waals surface area contributed by atoms with Crippen molar-refractivity contribution in [3.05, 3.63) is 35.9 Å². The summed E-state index contributed by atoms with van der Waals surface area (Å²) in [7, 11) is -3.66. The largest absolute Gasteiger partial charge is 0.435 e. The van der Waals surface area contributed by atoms with Crippen molar-refractivity contribution in [2.45, 2.75) is 18.0 Å². The molecule has 0 saturated carbocycles. The highest BCUT2D eigenvalue weighted by atomic mass is 32.2. The van der Waals surface area contributed by atoms with Crippen LogP contribution in [0.25, 0.3) is 22.7 Å². The number of nitrogens with zero attached hydrogens (tertiary/aromatic N) is 2. The van der Waals surface area contributed by atoms with Crippen LogP contribution in [0, 0.1) is 0 Å². The van der Waals surface area contributed by atoms with Gasteiger partial charge in [-0.25, -0.2) is 18.4 Å². The predicted octanol–water partition coefficient (Wildman–Crippen LogP) is 3.28. The van der Waals surface area contributed by atoms with Gasteiger partial charge in [0.05, 0.1) is 16.2 Å². The lowest BCUT2D eigenvalue weighted by molar-refractivity contribution is -0.137. The quantitative estimate of drug-likeness (QED) is 0.758. The van der Waals surface area contributed by atoms with Gasteiger partial charge in [-0.05, 0) is 30.3 Å². The maximum atomic E-state index is 12.8. The molecule has 2 aromatic heterocycles. The van der Waals surface area contributed by atoms with Gasteiger partial charge in [0.25, 0.3) is 0 Å². The van der Waals surface area contributed by atoms with Crippen LogP contribution in [-0.2, 0) is 16.0 Å². The van der Waals surface area contributed by atoms with Crippen LogP contribution in [0.15, 0.2) is 39.6 Å². The zero-order valence-corrected chi connectivity index (χ0v) is 13.6. The molecule has 3 rings (SSSR count). The summed E-state index contributed by atoms with van der Waals surface area (Å²) >= 11 is 0. The molecule has 0 radical (unpaired) electrons. The molecule has 10 heteroatoms. The van der Waals surface area contributed by atoms with Gasteiger partial charge in [0, 0.05) is 0 Å². The van der Waals surface area contributed by atoms with Crippen LogP contribution in [0.2, 0.25) is 0 Å². The summed E-state index contributed by atoms with van der Waals surface area (Å²) in [5, 5.41) is 0. The number of pyridine rings is 1. The van der Waals surface area contributed by atoms with Gasteiger partial charge in [-0.1, -0.05) is 6.92 Å². The Bertz CT molecular complexity index is 1060. The summed E-state index contributed by atoms with van der Waals surface area (Å²) in [6.07, 6.45) is -4.53. The molecule has 25 heavy (non-hydrogen) atoms. The van der Waals surface area contributed by atoms with E-state index in [-0.39, 0.29) is 39.2 Å². The van der Waals surface area contributed by atoms with Crippen molar-refractivity contribution in [1.82, 2.24) is 9.97 Å². The maximum absolute atomic E-state index is 12.8. The highest BCUT2D eigenvalue weighted by Gasteiger charge is 2.31.